The normalized spacial score (nSPS) is 14.8. The Hall–Kier alpha value is 0.455. The molecular formula is C21H14CoI3O3PSn+. The van der Waals surface area contributed by atoms with Gasteiger partial charge in [-0.1, -0.05) is 36.4 Å². The Labute approximate surface area is 223 Å². The SMILES string of the molecule is O=C=C1C=CC([PH+](c2ccccc2)c2ccccc2)C(=C=O)C1=C=O.[Co].[I][Sn]([I])[I]. The van der Waals surface area contributed by atoms with Gasteiger partial charge >= 0.3 is 63.8 Å². The molecule has 0 amide bonds. The van der Waals surface area contributed by atoms with Crippen molar-refractivity contribution in [2.45, 2.75) is 5.66 Å². The summed E-state index contributed by atoms with van der Waals surface area (Å²) in [5.74, 6) is 5.31. The van der Waals surface area contributed by atoms with Crippen molar-refractivity contribution in [3.8, 4) is 0 Å². The second-order valence-electron chi connectivity index (χ2n) is 5.71. The van der Waals surface area contributed by atoms with Gasteiger partial charge in [-0.05, 0) is 36.4 Å². The van der Waals surface area contributed by atoms with Gasteiger partial charge in [0, 0.05) is 16.8 Å². The summed E-state index contributed by atoms with van der Waals surface area (Å²) < 4.78 is 0. The van der Waals surface area contributed by atoms with Crippen LogP contribution in [0, 0.1) is 0 Å². The van der Waals surface area contributed by atoms with Crippen LogP contribution in [0.1, 0.15) is 0 Å². The van der Waals surface area contributed by atoms with E-state index in [0.717, 1.165) is 10.6 Å². The molecule has 0 saturated carbocycles. The van der Waals surface area contributed by atoms with Crippen molar-refractivity contribution in [3.63, 3.8) is 0 Å². The standard InChI is InChI=1S/C21H13O3P.Co.3HI.Sn/c22-13-16-11-12-21(20(15-24)19(16)14-23)25(17-7-3-1-4-8-17)18-9-5-2-6-10-18;;;;;/h1-12,21H;;3*1H;/q;;;;;+3/p-2. The molecule has 1 atom stereocenters. The molecule has 0 spiro atoms. The van der Waals surface area contributed by atoms with Gasteiger partial charge in [-0.25, -0.2) is 14.4 Å². The Balaban J connectivity index is 0.000000827. The van der Waals surface area contributed by atoms with E-state index in [0.29, 0.717) is 0 Å². The molecule has 154 valence electrons. The first kappa shape index (κ1) is 28.5. The summed E-state index contributed by atoms with van der Waals surface area (Å²) >= 11 is 7.54. The fraction of sp³-hybridized carbons (Fsp3) is 0.0476. The van der Waals surface area contributed by atoms with E-state index in [1.165, 1.54) is 0 Å². The average molecular weight is 904 g/mol. The van der Waals surface area contributed by atoms with Crippen molar-refractivity contribution in [1.29, 1.82) is 0 Å². The second-order valence-corrected chi connectivity index (χ2v) is 72.8. The molecule has 0 saturated heterocycles. The molecule has 0 fully saturated rings. The maximum absolute atomic E-state index is 11.6. The quantitative estimate of drug-likeness (QED) is 0.200. The molecule has 1 unspecified atom stereocenters. The Kier molecular flexibility index (Phi) is 14.5. The molecule has 3 nitrogen and oxygen atoms in total. The van der Waals surface area contributed by atoms with Crippen LogP contribution in [0.4, 0.5) is 0 Å². The van der Waals surface area contributed by atoms with Gasteiger partial charge in [0.1, 0.15) is 29.1 Å². The molecule has 0 bridgehead atoms. The van der Waals surface area contributed by atoms with Crippen LogP contribution in [0.25, 0.3) is 0 Å². The van der Waals surface area contributed by atoms with Crippen molar-refractivity contribution < 1.29 is 31.2 Å². The monoisotopic (exact) mass is 905 g/mol. The van der Waals surface area contributed by atoms with Gasteiger partial charge in [-0.3, -0.25) is 0 Å². The van der Waals surface area contributed by atoms with E-state index in [-0.39, 0.29) is 39.2 Å². The molecule has 2 radical (unpaired) electrons. The maximum atomic E-state index is 11.6. The van der Waals surface area contributed by atoms with E-state index in [1.807, 2.05) is 66.6 Å². The van der Waals surface area contributed by atoms with E-state index in [2.05, 4.69) is 55.9 Å². The van der Waals surface area contributed by atoms with Crippen LogP contribution in [0.2, 0.25) is 0 Å². The van der Waals surface area contributed by atoms with Crippen LogP contribution < -0.4 is 10.6 Å². The van der Waals surface area contributed by atoms with Crippen molar-refractivity contribution >= 4 is 100 Å². The van der Waals surface area contributed by atoms with Gasteiger partial charge in [-0.15, -0.1) is 0 Å². The van der Waals surface area contributed by atoms with Crippen LogP contribution in [0.5, 0.6) is 0 Å². The summed E-state index contributed by atoms with van der Waals surface area (Å²) in [5.41, 5.74) is -0.128. The predicted molar refractivity (Wildman–Crippen MR) is 149 cm³/mol. The molecule has 30 heavy (non-hydrogen) atoms. The van der Waals surface area contributed by atoms with E-state index in [9.17, 15) is 14.4 Å². The zero-order chi connectivity index (χ0) is 21.2. The Bertz CT molecular complexity index is 986. The van der Waals surface area contributed by atoms with Crippen molar-refractivity contribution in [2.24, 2.45) is 0 Å². The summed E-state index contributed by atoms with van der Waals surface area (Å²) in [6.45, 7) is 0. The summed E-state index contributed by atoms with van der Waals surface area (Å²) in [7, 11) is -2.10. The number of benzene rings is 2. The summed E-state index contributed by atoms with van der Waals surface area (Å²) in [4.78, 5) is 34.1. The molecule has 9 heteroatoms. The molecule has 1 aliphatic rings. The predicted octanol–water partition coefficient (Wildman–Crippen LogP) is 4.34. The van der Waals surface area contributed by atoms with Crippen molar-refractivity contribution in [1.82, 2.24) is 0 Å². The first-order chi connectivity index (χ1) is 14.0. The fourth-order valence-electron chi connectivity index (χ4n) is 2.98. The zero-order valence-electron chi connectivity index (χ0n) is 15.2. The molecule has 1 aliphatic carbocycles. The van der Waals surface area contributed by atoms with E-state index in [1.54, 1.807) is 24.0 Å². The number of allylic oxidation sites excluding steroid dienone is 5. The summed E-state index contributed by atoms with van der Waals surface area (Å²) in [5, 5.41) is 2.20. The minimum atomic E-state index is -1.46. The molecule has 0 aromatic heterocycles. The Morgan fingerprint density at radius 2 is 1.23 bits per heavy atom. The molecule has 2 aromatic rings. The number of rotatable bonds is 3. The topological polar surface area (TPSA) is 51.2 Å². The average Bonchev–Trinajstić information content (AvgIpc) is 2.74. The van der Waals surface area contributed by atoms with Gasteiger partial charge < -0.3 is 0 Å². The molecule has 0 N–H and O–H groups in total. The van der Waals surface area contributed by atoms with Gasteiger partial charge in [0.2, 0.25) is 0 Å². The molecule has 3 rings (SSSR count). The third-order valence-electron chi connectivity index (χ3n) is 4.11. The number of hydrogen-bond acceptors (Lipinski definition) is 3. The number of hydrogen-bond donors (Lipinski definition) is 0. The molecule has 0 heterocycles. The Morgan fingerprint density at radius 3 is 1.60 bits per heavy atom. The molecule has 0 aliphatic heterocycles. The third kappa shape index (κ3) is 8.10. The summed E-state index contributed by atoms with van der Waals surface area (Å²) in [6.07, 6.45) is 3.35. The van der Waals surface area contributed by atoms with E-state index in [4.69, 9.17) is 0 Å². The Morgan fingerprint density at radius 1 is 0.767 bits per heavy atom. The second kappa shape index (κ2) is 15.3. The van der Waals surface area contributed by atoms with Crippen LogP contribution in [0.3, 0.4) is 0 Å². The van der Waals surface area contributed by atoms with Crippen LogP contribution in [0.15, 0.2) is 89.5 Å². The van der Waals surface area contributed by atoms with Crippen molar-refractivity contribution in [2.75, 3.05) is 0 Å². The van der Waals surface area contributed by atoms with Gasteiger partial charge in [0.05, 0.1) is 29.7 Å². The van der Waals surface area contributed by atoms with Gasteiger partial charge in [-0.2, -0.15) is 0 Å². The van der Waals surface area contributed by atoms with Gasteiger partial charge in [0.25, 0.3) is 0 Å². The van der Waals surface area contributed by atoms with Crippen molar-refractivity contribution in [3.05, 3.63) is 89.5 Å². The third-order valence-corrected chi connectivity index (χ3v) is 7.12. The van der Waals surface area contributed by atoms with Crippen LogP contribution >= 0.6 is 63.8 Å². The van der Waals surface area contributed by atoms with Crippen LogP contribution in [-0.2, 0) is 31.2 Å². The van der Waals surface area contributed by atoms with E-state index < -0.39 is 15.8 Å². The number of halogens is 3. The van der Waals surface area contributed by atoms with Crippen LogP contribution in [-0.4, -0.2) is 31.3 Å². The summed E-state index contributed by atoms with van der Waals surface area (Å²) in [6, 6.07) is 19.8. The zero-order valence-corrected chi connectivity index (χ0v) is 26.6. The number of carbonyl (C=O) groups excluding carboxylic acids is 3. The fourth-order valence-corrected chi connectivity index (χ4v) is 5.92. The first-order valence-corrected chi connectivity index (χ1v) is 34.8. The first-order valence-electron chi connectivity index (χ1n) is 8.28. The van der Waals surface area contributed by atoms with Gasteiger partial charge in [0.15, 0.2) is 0 Å². The molecular weight excluding hydrogens is 890 g/mol. The van der Waals surface area contributed by atoms with E-state index >= 15 is 0 Å². The molecule has 2 aromatic carbocycles. The minimum absolute atomic E-state index is 0.